The summed E-state index contributed by atoms with van der Waals surface area (Å²) in [6, 6.07) is 6.57. The summed E-state index contributed by atoms with van der Waals surface area (Å²) in [5.41, 5.74) is 0.428. The van der Waals surface area contributed by atoms with Gasteiger partial charge in [-0.15, -0.1) is 0 Å². The lowest BCUT2D eigenvalue weighted by Crippen LogP contribution is -2.52. The largest absolute Gasteiger partial charge is 0.349 e. The minimum absolute atomic E-state index is 0.0717. The van der Waals surface area contributed by atoms with Crippen molar-refractivity contribution in [2.75, 3.05) is 13.1 Å². The molecule has 2 heterocycles. The summed E-state index contributed by atoms with van der Waals surface area (Å²) in [6.07, 6.45) is 2.08. The molecule has 0 radical (unpaired) electrons. The molecule has 0 fully saturated rings. The van der Waals surface area contributed by atoms with Crippen LogP contribution < -0.4 is 5.32 Å². The number of nitrogens with zero attached hydrogens (tertiary/aromatic N) is 3. The molecule has 0 saturated carbocycles. The van der Waals surface area contributed by atoms with E-state index in [1.54, 1.807) is 6.92 Å². The monoisotopic (exact) mass is 288 g/mol. The van der Waals surface area contributed by atoms with Gasteiger partial charge in [-0.05, 0) is 31.9 Å². The van der Waals surface area contributed by atoms with Gasteiger partial charge >= 0.3 is 0 Å². The van der Waals surface area contributed by atoms with E-state index >= 15 is 0 Å². The first kappa shape index (κ1) is 15.6. The van der Waals surface area contributed by atoms with Gasteiger partial charge in [-0.1, -0.05) is 13.8 Å². The van der Waals surface area contributed by atoms with E-state index in [1.807, 2.05) is 19.9 Å². The second-order valence-corrected chi connectivity index (χ2v) is 6.29. The molecule has 21 heavy (non-hydrogen) atoms. The number of aromatic nitrogens is 1. The highest BCUT2D eigenvalue weighted by atomic mass is 16.2. The predicted molar refractivity (Wildman–Crippen MR) is 81.4 cm³/mol. The number of carbonyl (C=O) groups excluding carboxylic acids is 1. The van der Waals surface area contributed by atoms with Crippen molar-refractivity contribution in [1.29, 1.82) is 5.26 Å². The van der Waals surface area contributed by atoms with E-state index in [1.165, 1.54) is 5.69 Å². The van der Waals surface area contributed by atoms with Gasteiger partial charge in [0.1, 0.15) is 5.54 Å². The Labute approximate surface area is 126 Å². The Hall–Kier alpha value is -1.80. The van der Waals surface area contributed by atoms with E-state index in [4.69, 9.17) is 0 Å². The molecule has 1 aromatic heterocycles. The molecule has 114 valence electrons. The lowest BCUT2D eigenvalue weighted by molar-refractivity contribution is -0.124. The number of nitrogens with one attached hydrogen (secondary N) is 1. The standard InChI is InChI=1S/C16H24N4O/c1-12(2)16(4,11-17)18-15(21)10-20-9-8-19-7-5-6-14(19)13(20)3/h5-7,12-13H,8-10H2,1-4H3,(H,18,21)/t13-,16-/m0/s1. The summed E-state index contributed by atoms with van der Waals surface area (Å²) in [4.78, 5) is 14.4. The SMILES string of the molecule is CC(C)[C@](C)(C#N)NC(=O)CN1CCn2cccc2[C@@H]1C. The van der Waals surface area contributed by atoms with Crippen molar-refractivity contribution in [3.05, 3.63) is 24.0 Å². The molecule has 0 spiro atoms. The van der Waals surface area contributed by atoms with Gasteiger partial charge < -0.3 is 9.88 Å². The number of rotatable bonds is 4. The molecule has 2 atom stereocenters. The molecule has 1 N–H and O–H groups in total. The zero-order valence-electron chi connectivity index (χ0n) is 13.3. The molecule has 1 amide bonds. The van der Waals surface area contributed by atoms with Crippen LogP contribution in [0.15, 0.2) is 18.3 Å². The molecule has 5 nitrogen and oxygen atoms in total. The minimum Gasteiger partial charge on any atom is -0.349 e. The van der Waals surface area contributed by atoms with Gasteiger partial charge in [0.15, 0.2) is 0 Å². The number of fused-ring (bicyclic) bond motifs is 1. The molecule has 2 rings (SSSR count). The van der Waals surface area contributed by atoms with Crippen molar-refractivity contribution >= 4 is 5.91 Å². The van der Waals surface area contributed by atoms with Crippen LogP contribution in [-0.4, -0.2) is 34.0 Å². The normalized spacial score (nSPS) is 21.4. The molecule has 1 aliphatic rings. The second-order valence-electron chi connectivity index (χ2n) is 6.29. The summed E-state index contributed by atoms with van der Waals surface area (Å²) >= 11 is 0. The Kier molecular flexibility index (Phi) is 4.38. The van der Waals surface area contributed by atoms with Gasteiger partial charge in [0, 0.05) is 31.0 Å². The van der Waals surface area contributed by atoms with Crippen LogP contribution in [0.5, 0.6) is 0 Å². The number of hydrogen-bond donors (Lipinski definition) is 1. The maximum absolute atomic E-state index is 12.3. The molecule has 0 aromatic carbocycles. The quantitative estimate of drug-likeness (QED) is 0.920. The van der Waals surface area contributed by atoms with Gasteiger partial charge in [-0.2, -0.15) is 5.26 Å². The maximum Gasteiger partial charge on any atom is 0.235 e. The maximum atomic E-state index is 12.3. The molecule has 0 saturated heterocycles. The number of hydrogen-bond acceptors (Lipinski definition) is 3. The smallest absolute Gasteiger partial charge is 0.235 e. The molecule has 0 unspecified atom stereocenters. The van der Waals surface area contributed by atoms with Crippen LogP contribution in [-0.2, 0) is 11.3 Å². The number of nitriles is 1. The van der Waals surface area contributed by atoms with Crippen molar-refractivity contribution < 1.29 is 4.79 Å². The molecule has 0 bridgehead atoms. The van der Waals surface area contributed by atoms with Crippen LogP contribution in [0.4, 0.5) is 0 Å². The Morgan fingerprint density at radius 3 is 2.90 bits per heavy atom. The summed E-state index contributed by atoms with van der Waals surface area (Å²) in [5, 5.41) is 12.2. The van der Waals surface area contributed by atoms with Gasteiger partial charge in [-0.3, -0.25) is 9.69 Å². The molecular formula is C16H24N4O. The molecular weight excluding hydrogens is 264 g/mol. The van der Waals surface area contributed by atoms with Crippen molar-refractivity contribution in [2.45, 2.75) is 45.8 Å². The Bertz CT molecular complexity index is 557. The molecule has 0 aliphatic carbocycles. The first-order valence-electron chi connectivity index (χ1n) is 7.48. The van der Waals surface area contributed by atoms with Crippen LogP contribution in [0.3, 0.4) is 0 Å². The van der Waals surface area contributed by atoms with Gasteiger partial charge in [0.2, 0.25) is 5.91 Å². The van der Waals surface area contributed by atoms with Crippen LogP contribution in [0, 0.1) is 17.2 Å². The highest BCUT2D eigenvalue weighted by Crippen LogP contribution is 2.25. The lowest BCUT2D eigenvalue weighted by Gasteiger charge is -2.35. The fraction of sp³-hybridized carbons (Fsp3) is 0.625. The van der Waals surface area contributed by atoms with Crippen LogP contribution in [0.25, 0.3) is 0 Å². The molecule has 5 heteroatoms. The highest BCUT2D eigenvalue weighted by Gasteiger charge is 2.32. The van der Waals surface area contributed by atoms with E-state index in [-0.39, 0.29) is 17.9 Å². The predicted octanol–water partition coefficient (Wildman–Crippen LogP) is 1.92. The van der Waals surface area contributed by atoms with Crippen LogP contribution >= 0.6 is 0 Å². The third-order valence-corrected chi connectivity index (χ3v) is 4.60. The fourth-order valence-corrected chi connectivity index (χ4v) is 2.66. The van der Waals surface area contributed by atoms with Crippen molar-refractivity contribution in [2.24, 2.45) is 5.92 Å². The molecule has 1 aromatic rings. The van der Waals surface area contributed by atoms with Crippen molar-refractivity contribution in [1.82, 2.24) is 14.8 Å². The van der Waals surface area contributed by atoms with Gasteiger partial charge in [0.25, 0.3) is 0 Å². The van der Waals surface area contributed by atoms with Gasteiger partial charge in [-0.25, -0.2) is 0 Å². The van der Waals surface area contributed by atoms with E-state index in [9.17, 15) is 10.1 Å². The fourth-order valence-electron chi connectivity index (χ4n) is 2.66. The van der Waals surface area contributed by atoms with Crippen LogP contribution in [0.2, 0.25) is 0 Å². The highest BCUT2D eigenvalue weighted by molar-refractivity contribution is 5.79. The Morgan fingerprint density at radius 2 is 2.29 bits per heavy atom. The van der Waals surface area contributed by atoms with Gasteiger partial charge in [0.05, 0.1) is 12.6 Å². The Balaban J connectivity index is 2.00. The average Bonchev–Trinajstić information content (AvgIpc) is 2.90. The van der Waals surface area contributed by atoms with Crippen molar-refractivity contribution in [3.63, 3.8) is 0 Å². The minimum atomic E-state index is -0.809. The Morgan fingerprint density at radius 1 is 1.57 bits per heavy atom. The third kappa shape index (κ3) is 3.11. The number of amides is 1. The molecule has 1 aliphatic heterocycles. The summed E-state index contributed by atoms with van der Waals surface area (Å²) in [7, 11) is 0. The lowest BCUT2D eigenvalue weighted by atomic mass is 9.90. The topological polar surface area (TPSA) is 61.1 Å². The van der Waals surface area contributed by atoms with Crippen molar-refractivity contribution in [3.8, 4) is 6.07 Å². The summed E-state index contributed by atoms with van der Waals surface area (Å²) < 4.78 is 2.23. The average molecular weight is 288 g/mol. The second kappa shape index (κ2) is 5.90. The zero-order chi connectivity index (χ0) is 15.6. The van der Waals surface area contributed by atoms with E-state index in [2.05, 4.69) is 40.0 Å². The zero-order valence-corrected chi connectivity index (χ0v) is 13.3. The van der Waals surface area contributed by atoms with E-state index in [0.717, 1.165) is 13.1 Å². The first-order chi connectivity index (χ1) is 9.87. The van der Waals surface area contributed by atoms with Crippen LogP contribution in [0.1, 0.15) is 39.4 Å². The van der Waals surface area contributed by atoms with E-state index in [0.29, 0.717) is 6.54 Å². The summed E-state index contributed by atoms with van der Waals surface area (Å²) in [5.74, 6) is -0.0120. The number of carbonyl (C=O) groups is 1. The summed E-state index contributed by atoms with van der Waals surface area (Å²) in [6.45, 7) is 9.86. The first-order valence-corrected chi connectivity index (χ1v) is 7.48. The van der Waals surface area contributed by atoms with E-state index < -0.39 is 5.54 Å². The third-order valence-electron chi connectivity index (χ3n) is 4.60.